The predicted octanol–water partition coefficient (Wildman–Crippen LogP) is 5.68. The van der Waals surface area contributed by atoms with E-state index in [2.05, 4.69) is 69.6 Å². The molecule has 23 heavy (non-hydrogen) atoms. The van der Waals surface area contributed by atoms with Crippen molar-refractivity contribution in [2.75, 3.05) is 0 Å². The number of hydrogen-bond donors (Lipinski definition) is 0. The highest BCUT2D eigenvalue weighted by molar-refractivity contribution is 6.97. The van der Waals surface area contributed by atoms with Gasteiger partial charge in [-0.15, -0.1) is 0 Å². The fourth-order valence-corrected chi connectivity index (χ4v) is 9.43. The molecule has 124 valence electrons. The number of rotatable bonds is 6. The molecular weight excluding hydrogens is 310 g/mol. The van der Waals surface area contributed by atoms with Gasteiger partial charge in [0, 0.05) is 11.6 Å². The molecule has 1 aromatic carbocycles. The Morgan fingerprint density at radius 2 is 1.74 bits per heavy atom. The molecule has 0 saturated heterocycles. The van der Waals surface area contributed by atoms with Crippen LogP contribution < -0.4 is 5.19 Å². The zero-order chi connectivity index (χ0) is 17.1. The summed E-state index contributed by atoms with van der Waals surface area (Å²) in [5, 5.41) is 4.49. The highest BCUT2D eigenvalue weighted by Crippen LogP contribution is 2.24. The van der Waals surface area contributed by atoms with Crippen molar-refractivity contribution in [3.8, 4) is 0 Å². The first-order chi connectivity index (χ1) is 10.8. The van der Waals surface area contributed by atoms with Crippen LogP contribution in [0.4, 0.5) is 0 Å². The summed E-state index contributed by atoms with van der Waals surface area (Å²) in [6.07, 6.45) is 5.80. The summed E-state index contributed by atoms with van der Waals surface area (Å²) in [6.45, 7) is 14.7. The number of para-hydroxylation sites is 1. The van der Waals surface area contributed by atoms with Gasteiger partial charge in [0.05, 0.1) is 13.6 Å². The molecule has 0 bridgehead atoms. The van der Waals surface area contributed by atoms with Crippen LogP contribution in [0.25, 0.3) is 10.9 Å². The van der Waals surface area contributed by atoms with Crippen molar-refractivity contribution in [2.24, 2.45) is 0 Å². The standard InChI is InChI=1S/C20H31NSi2/c1-7-8-13-18(22(2,3)4)16-23(5,6)19-14-9-11-17-12-10-15-21-20(17)19/h9-12,14-16H,7-8,13H2,1-6H3/b18-16-. The van der Waals surface area contributed by atoms with E-state index in [1.54, 1.807) is 5.20 Å². The van der Waals surface area contributed by atoms with E-state index in [0.29, 0.717) is 0 Å². The Morgan fingerprint density at radius 1 is 1.04 bits per heavy atom. The SMILES string of the molecule is CCCC/C(=C/[Si](C)(C)c1cccc2cccnc12)[Si](C)(C)C. The van der Waals surface area contributed by atoms with Gasteiger partial charge >= 0.3 is 0 Å². The van der Waals surface area contributed by atoms with E-state index in [0.717, 1.165) is 0 Å². The van der Waals surface area contributed by atoms with Crippen LogP contribution in [0.5, 0.6) is 0 Å². The van der Waals surface area contributed by atoms with Gasteiger partial charge in [-0.25, -0.2) is 0 Å². The quantitative estimate of drug-likeness (QED) is 0.616. The molecule has 0 aliphatic rings. The molecule has 0 spiro atoms. The number of unbranched alkanes of at least 4 members (excludes halogenated alkanes) is 1. The largest absolute Gasteiger partial charge is 0.256 e. The molecule has 3 heteroatoms. The highest BCUT2D eigenvalue weighted by Gasteiger charge is 2.28. The molecule has 1 nitrogen and oxygen atoms in total. The first-order valence-corrected chi connectivity index (χ1v) is 15.4. The molecular formula is C20H31NSi2. The summed E-state index contributed by atoms with van der Waals surface area (Å²) in [7, 11) is -2.92. The third-order valence-electron chi connectivity index (χ3n) is 4.62. The molecule has 2 rings (SSSR count). The lowest BCUT2D eigenvalue weighted by atomic mass is 10.2. The Kier molecular flexibility index (Phi) is 5.63. The van der Waals surface area contributed by atoms with Crippen molar-refractivity contribution in [2.45, 2.75) is 58.9 Å². The third kappa shape index (κ3) is 4.42. The van der Waals surface area contributed by atoms with Crippen molar-refractivity contribution < 1.29 is 0 Å². The fraction of sp³-hybridized carbons (Fsp3) is 0.450. The van der Waals surface area contributed by atoms with Gasteiger partial charge in [-0.05, 0) is 17.7 Å². The van der Waals surface area contributed by atoms with E-state index in [9.17, 15) is 0 Å². The minimum atomic E-state index is -1.66. The van der Waals surface area contributed by atoms with Gasteiger partial charge < -0.3 is 0 Å². The second kappa shape index (κ2) is 7.14. The van der Waals surface area contributed by atoms with Gasteiger partial charge in [0.2, 0.25) is 0 Å². The maximum absolute atomic E-state index is 4.70. The van der Waals surface area contributed by atoms with Gasteiger partial charge in [0.25, 0.3) is 0 Å². The number of nitrogens with zero attached hydrogens (tertiary/aromatic N) is 1. The second-order valence-electron chi connectivity index (χ2n) is 8.13. The van der Waals surface area contributed by atoms with E-state index in [4.69, 9.17) is 4.98 Å². The van der Waals surface area contributed by atoms with Gasteiger partial charge in [-0.3, -0.25) is 4.98 Å². The average molecular weight is 342 g/mol. The lowest BCUT2D eigenvalue weighted by Gasteiger charge is -2.27. The Morgan fingerprint density at radius 3 is 2.39 bits per heavy atom. The smallest absolute Gasteiger partial charge is 0.106 e. The number of hydrogen-bond acceptors (Lipinski definition) is 1. The maximum Gasteiger partial charge on any atom is 0.106 e. The van der Waals surface area contributed by atoms with Crippen LogP contribution in [0.1, 0.15) is 26.2 Å². The molecule has 0 atom stereocenters. The van der Waals surface area contributed by atoms with Crippen molar-refractivity contribution in [3.05, 3.63) is 47.4 Å². The lowest BCUT2D eigenvalue weighted by molar-refractivity contribution is 0.803. The minimum absolute atomic E-state index is 1.20. The normalized spacial score (nSPS) is 13.6. The zero-order valence-electron chi connectivity index (χ0n) is 15.6. The second-order valence-corrected chi connectivity index (χ2v) is 17.5. The summed E-state index contributed by atoms with van der Waals surface area (Å²) >= 11 is 0. The molecule has 0 saturated carbocycles. The van der Waals surface area contributed by atoms with Gasteiger partial charge in [-0.2, -0.15) is 0 Å². The van der Waals surface area contributed by atoms with E-state index in [-0.39, 0.29) is 0 Å². The van der Waals surface area contributed by atoms with Gasteiger partial charge in [0.15, 0.2) is 0 Å². The fourth-order valence-electron chi connectivity index (χ4n) is 3.17. The number of fused-ring (bicyclic) bond motifs is 1. The molecule has 2 aromatic rings. The van der Waals surface area contributed by atoms with E-state index in [1.807, 2.05) is 12.3 Å². The Labute approximate surface area is 143 Å². The van der Waals surface area contributed by atoms with Crippen LogP contribution in [-0.2, 0) is 0 Å². The summed E-state index contributed by atoms with van der Waals surface area (Å²) in [6, 6.07) is 10.9. The summed E-state index contributed by atoms with van der Waals surface area (Å²) in [5.74, 6) is 0. The van der Waals surface area contributed by atoms with Crippen molar-refractivity contribution >= 4 is 32.2 Å². The van der Waals surface area contributed by atoms with Crippen LogP contribution in [-0.4, -0.2) is 21.1 Å². The zero-order valence-corrected chi connectivity index (χ0v) is 17.6. The van der Waals surface area contributed by atoms with Crippen molar-refractivity contribution in [1.29, 1.82) is 0 Å². The summed E-state index contributed by atoms with van der Waals surface area (Å²) < 4.78 is 0. The summed E-state index contributed by atoms with van der Waals surface area (Å²) in [5.41, 5.74) is 3.89. The first-order valence-electron chi connectivity index (χ1n) is 8.82. The van der Waals surface area contributed by atoms with Crippen LogP contribution in [0.2, 0.25) is 32.7 Å². The minimum Gasteiger partial charge on any atom is -0.256 e. The molecule has 0 amide bonds. The van der Waals surface area contributed by atoms with Crippen molar-refractivity contribution in [3.63, 3.8) is 0 Å². The van der Waals surface area contributed by atoms with Crippen LogP contribution >= 0.6 is 0 Å². The van der Waals surface area contributed by atoms with Gasteiger partial charge in [0.1, 0.15) is 8.07 Å². The first kappa shape index (κ1) is 18.1. The molecule has 0 unspecified atom stereocenters. The number of allylic oxidation sites excluding steroid dienone is 1. The molecule has 0 radical (unpaired) electrons. The Hall–Kier alpha value is -1.20. The third-order valence-corrected chi connectivity index (χ3v) is 10.1. The van der Waals surface area contributed by atoms with E-state index < -0.39 is 16.1 Å². The maximum atomic E-state index is 4.70. The lowest BCUT2D eigenvalue weighted by Crippen LogP contribution is -2.42. The van der Waals surface area contributed by atoms with E-state index in [1.165, 1.54) is 35.4 Å². The topological polar surface area (TPSA) is 12.9 Å². The average Bonchev–Trinajstić information content (AvgIpc) is 2.49. The number of pyridine rings is 1. The van der Waals surface area contributed by atoms with Crippen LogP contribution in [0.15, 0.2) is 47.4 Å². The Bertz CT molecular complexity index is 691. The molecule has 0 aliphatic carbocycles. The molecule has 0 fully saturated rings. The van der Waals surface area contributed by atoms with Crippen LogP contribution in [0, 0.1) is 0 Å². The van der Waals surface area contributed by atoms with E-state index >= 15 is 0 Å². The number of aromatic nitrogens is 1. The Balaban J connectivity index is 2.51. The predicted molar refractivity (Wildman–Crippen MR) is 110 cm³/mol. The monoisotopic (exact) mass is 341 g/mol. The van der Waals surface area contributed by atoms with Crippen molar-refractivity contribution in [1.82, 2.24) is 4.98 Å². The molecule has 1 heterocycles. The highest BCUT2D eigenvalue weighted by atomic mass is 28.3. The van der Waals surface area contributed by atoms with Crippen LogP contribution in [0.3, 0.4) is 0 Å². The molecule has 1 aromatic heterocycles. The summed E-state index contributed by atoms with van der Waals surface area (Å²) in [4.78, 5) is 4.70. The number of benzene rings is 1. The molecule has 0 N–H and O–H groups in total. The molecule has 0 aliphatic heterocycles. The van der Waals surface area contributed by atoms with Gasteiger partial charge in [-0.1, -0.05) is 87.7 Å².